The Hall–Kier alpha value is -3.38. The van der Waals surface area contributed by atoms with Crippen molar-refractivity contribution in [2.24, 2.45) is 11.8 Å². The van der Waals surface area contributed by atoms with Crippen molar-refractivity contribution in [1.82, 2.24) is 9.88 Å². The first-order chi connectivity index (χ1) is 17.1. The van der Waals surface area contributed by atoms with Crippen LogP contribution >= 0.6 is 0 Å². The zero-order chi connectivity index (χ0) is 24.4. The molecule has 3 heterocycles. The van der Waals surface area contributed by atoms with E-state index in [1.54, 1.807) is 13.3 Å². The van der Waals surface area contributed by atoms with Crippen molar-refractivity contribution in [3.8, 4) is 5.75 Å². The van der Waals surface area contributed by atoms with Crippen LogP contribution in [0.3, 0.4) is 0 Å². The van der Waals surface area contributed by atoms with Gasteiger partial charge < -0.3 is 13.9 Å². The molecular weight excluding hydrogens is 440 g/mol. The second-order valence-corrected chi connectivity index (χ2v) is 9.46. The van der Waals surface area contributed by atoms with E-state index < -0.39 is 0 Å². The van der Waals surface area contributed by atoms with Gasteiger partial charge in [-0.25, -0.2) is 0 Å². The van der Waals surface area contributed by atoms with Gasteiger partial charge in [-0.05, 0) is 75.0 Å². The third-order valence-corrected chi connectivity index (χ3v) is 7.43. The Kier molecular flexibility index (Phi) is 6.73. The average Bonchev–Trinajstić information content (AvgIpc) is 3.32. The fraction of sp³-hybridized carbons (Fsp3) is 0.379. The lowest BCUT2D eigenvalue weighted by molar-refractivity contribution is -0.153. The lowest BCUT2D eigenvalue weighted by atomic mass is 9.76. The molecule has 1 unspecified atom stereocenters. The minimum Gasteiger partial charge on any atom is -0.495 e. The van der Waals surface area contributed by atoms with Gasteiger partial charge in [0.2, 0.25) is 0 Å². The molecule has 4 aromatic rings. The van der Waals surface area contributed by atoms with E-state index in [1.165, 1.54) is 12.7 Å². The summed E-state index contributed by atoms with van der Waals surface area (Å²) in [6.45, 7) is 0.912. The highest BCUT2D eigenvalue weighted by atomic mass is 16.5. The predicted octanol–water partition coefficient (Wildman–Crippen LogP) is 5.79. The number of pyridine rings is 1. The minimum atomic E-state index is -0.270. The van der Waals surface area contributed by atoms with Gasteiger partial charge in [0.1, 0.15) is 17.1 Å². The standard InChI is InChI=1S/C29H32N2O4/c1-31-15-14-20(11-6-9-19-10-7-12-24-23(19)17-22(33-2)18-30-24)27(29(32)34-3)28(31)26-16-21-8-4-5-13-25(21)35-26/h4-5,7-8,10,12-13,16-18,20,27-28H,6,9,11,14-15H2,1-3H3/t20-,27+,28?/m0/s1. The average molecular weight is 473 g/mol. The summed E-state index contributed by atoms with van der Waals surface area (Å²) in [5, 5.41) is 2.18. The molecule has 1 saturated heterocycles. The van der Waals surface area contributed by atoms with Gasteiger partial charge in [0, 0.05) is 10.8 Å². The number of piperidine rings is 1. The van der Waals surface area contributed by atoms with Crippen molar-refractivity contribution in [1.29, 1.82) is 0 Å². The number of benzene rings is 2. The molecule has 6 nitrogen and oxygen atoms in total. The van der Waals surface area contributed by atoms with Crippen molar-refractivity contribution < 1.29 is 18.7 Å². The summed E-state index contributed by atoms with van der Waals surface area (Å²) in [5.74, 6) is 1.39. The summed E-state index contributed by atoms with van der Waals surface area (Å²) >= 11 is 0. The Morgan fingerprint density at radius 1 is 1.14 bits per heavy atom. The summed E-state index contributed by atoms with van der Waals surface area (Å²) < 4.78 is 16.9. The fourth-order valence-corrected chi connectivity index (χ4v) is 5.62. The molecule has 0 spiro atoms. The van der Waals surface area contributed by atoms with Gasteiger partial charge in [-0.1, -0.05) is 30.3 Å². The SMILES string of the molecule is COC(=O)[C@H]1C(c2cc3ccccc3o2)N(C)CC[C@@H]1CCCc1cccc2ncc(OC)cc12. The van der Waals surface area contributed by atoms with Gasteiger partial charge in [0.05, 0.1) is 37.9 Å². The van der Waals surface area contributed by atoms with Crippen molar-refractivity contribution in [2.45, 2.75) is 31.7 Å². The quantitative estimate of drug-likeness (QED) is 0.317. The molecule has 35 heavy (non-hydrogen) atoms. The zero-order valence-electron chi connectivity index (χ0n) is 20.6. The van der Waals surface area contributed by atoms with E-state index in [9.17, 15) is 4.79 Å². The van der Waals surface area contributed by atoms with Gasteiger partial charge in [-0.2, -0.15) is 0 Å². The number of nitrogens with zero attached hydrogens (tertiary/aromatic N) is 2. The lowest BCUT2D eigenvalue weighted by Crippen LogP contribution is -2.45. The summed E-state index contributed by atoms with van der Waals surface area (Å²) in [5.41, 5.74) is 3.08. The van der Waals surface area contributed by atoms with Gasteiger partial charge in [0.25, 0.3) is 0 Å². The maximum Gasteiger partial charge on any atom is 0.311 e. The third kappa shape index (κ3) is 4.63. The largest absolute Gasteiger partial charge is 0.495 e. The molecule has 0 aliphatic carbocycles. The molecule has 0 radical (unpaired) electrons. The number of methoxy groups -OCH3 is 2. The smallest absolute Gasteiger partial charge is 0.311 e. The number of esters is 1. The number of fused-ring (bicyclic) bond motifs is 2. The number of furan rings is 1. The molecule has 2 aromatic carbocycles. The van der Waals surface area contributed by atoms with Gasteiger partial charge >= 0.3 is 5.97 Å². The highest BCUT2D eigenvalue weighted by molar-refractivity contribution is 5.83. The summed E-state index contributed by atoms with van der Waals surface area (Å²) in [6.07, 6.45) is 5.55. The molecule has 5 rings (SSSR count). The number of aryl methyl sites for hydroxylation is 1. The van der Waals surface area contributed by atoms with Crippen LogP contribution in [0.25, 0.3) is 21.9 Å². The van der Waals surface area contributed by atoms with Crippen LogP contribution < -0.4 is 4.74 Å². The number of hydrogen-bond acceptors (Lipinski definition) is 6. The number of likely N-dealkylation sites (tertiary alicyclic amines) is 1. The van der Waals surface area contributed by atoms with Crippen LogP contribution in [0.2, 0.25) is 0 Å². The zero-order valence-corrected chi connectivity index (χ0v) is 20.6. The Balaban J connectivity index is 1.37. The number of rotatable bonds is 7. The first kappa shape index (κ1) is 23.4. The molecule has 0 amide bonds. The Morgan fingerprint density at radius 3 is 2.80 bits per heavy atom. The molecule has 3 atom stereocenters. The van der Waals surface area contributed by atoms with E-state index in [0.29, 0.717) is 0 Å². The number of hydrogen-bond donors (Lipinski definition) is 0. The molecule has 6 heteroatoms. The molecular formula is C29H32N2O4. The van der Waals surface area contributed by atoms with Crippen molar-refractivity contribution in [2.75, 3.05) is 27.8 Å². The summed E-state index contributed by atoms with van der Waals surface area (Å²) in [4.78, 5) is 19.8. The predicted molar refractivity (Wildman–Crippen MR) is 136 cm³/mol. The van der Waals surface area contributed by atoms with Gasteiger partial charge in [0.15, 0.2) is 0 Å². The van der Waals surface area contributed by atoms with E-state index in [0.717, 1.165) is 65.6 Å². The summed E-state index contributed by atoms with van der Waals surface area (Å²) in [7, 11) is 5.22. The normalized spacial score (nSPS) is 20.8. The molecule has 2 aromatic heterocycles. The fourth-order valence-electron chi connectivity index (χ4n) is 5.62. The van der Waals surface area contributed by atoms with E-state index in [-0.39, 0.29) is 23.8 Å². The van der Waals surface area contributed by atoms with E-state index in [4.69, 9.17) is 13.9 Å². The highest BCUT2D eigenvalue weighted by Crippen LogP contribution is 2.43. The number of para-hydroxylation sites is 1. The Labute approximate surface area is 205 Å². The Morgan fingerprint density at radius 2 is 2.00 bits per heavy atom. The highest BCUT2D eigenvalue weighted by Gasteiger charge is 2.44. The molecule has 1 fully saturated rings. The first-order valence-corrected chi connectivity index (χ1v) is 12.3. The molecule has 0 N–H and O–H groups in total. The van der Waals surface area contributed by atoms with Crippen molar-refractivity contribution in [3.05, 3.63) is 72.1 Å². The second kappa shape index (κ2) is 10.1. The molecule has 0 saturated carbocycles. The number of carbonyl (C=O) groups is 1. The summed E-state index contributed by atoms with van der Waals surface area (Å²) in [6, 6.07) is 18.2. The Bertz CT molecular complexity index is 1300. The first-order valence-electron chi connectivity index (χ1n) is 12.3. The van der Waals surface area contributed by atoms with Crippen LogP contribution in [-0.4, -0.2) is 43.7 Å². The van der Waals surface area contributed by atoms with Crippen LogP contribution in [0, 0.1) is 11.8 Å². The third-order valence-electron chi connectivity index (χ3n) is 7.43. The maximum atomic E-state index is 13.1. The van der Waals surface area contributed by atoms with Gasteiger partial charge in [-0.3, -0.25) is 14.7 Å². The number of aromatic nitrogens is 1. The van der Waals surface area contributed by atoms with Crippen LogP contribution in [0.1, 0.15) is 36.6 Å². The van der Waals surface area contributed by atoms with Crippen molar-refractivity contribution in [3.63, 3.8) is 0 Å². The molecule has 0 bridgehead atoms. The van der Waals surface area contributed by atoms with E-state index in [2.05, 4.69) is 41.2 Å². The van der Waals surface area contributed by atoms with E-state index in [1.807, 2.05) is 30.3 Å². The topological polar surface area (TPSA) is 64.8 Å². The number of ether oxygens (including phenoxy) is 2. The van der Waals surface area contributed by atoms with Crippen LogP contribution in [0.5, 0.6) is 5.75 Å². The lowest BCUT2D eigenvalue weighted by Gasteiger charge is -2.41. The van der Waals surface area contributed by atoms with Crippen LogP contribution in [0.4, 0.5) is 0 Å². The van der Waals surface area contributed by atoms with E-state index >= 15 is 0 Å². The molecule has 1 aliphatic rings. The van der Waals surface area contributed by atoms with Crippen LogP contribution in [0.15, 0.2) is 65.2 Å². The minimum absolute atomic E-state index is 0.139. The number of carbonyl (C=O) groups excluding carboxylic acids is 1. The molecule has 1 aliphatic heterocycles. The van der Waals surface area contributed by atoms with Crippen LogP contribution in [-0.2, 0) is 16.0 Å². The maximum absolute atomic E-state index is 13.1. The second-order valence-electron chi connectivity index (χ2n) is 9.46. The van der Waals surface area contributed by atoms with Gasteiger partial charge in [-0.15, -0.1) is 0 Å². The van der Waals surface area contributed by atoms with Crippen molar-refractivity contribution >= 4 is 27.8 Å². The monoisotopic (exact) mass is 472 g/mol. The molecule has 182 valence electrons.